The maximum absolute atomic E-state index is 12.7. The van der Waals surface area contributed by atoms with E-state index < -0.39 is 22.4 Å². The molecule has 0 unspecified atom stereocenters. The van der Waals surface area contributed by atoms with E-state index >= 15 is 0 Å². The van der Waals surface area contributed by atoms with Crippen LogP contribution < -0.4 is 4.90 Å². The van der Waals surface area contributed by atoms with Crippen LogP contribution >= 0.6 is 0 Å². The van der Waals surface area contributed by atoms with E-state index in [9.17, 15) is 23.3 Å². The second-order valence-corrected chi connectivity index (χ2v) is 5.29. The number of rotatable bonds is 3. The van der Waals surface area contributed by atoms with Crippen molar-refractivity contribution < 1.29 is 18.1 Å². The van der Waals surface area contributed by atoms with Crippen molar-refractivity contribution in [2.75, 3.05) is 31.1 Å². The molecule has 6 nitrogen and oxygen atoms in total. The topological polar surface area (TPSA) is 73.4 Å². The largest absolute Gasteiger partial charge is 0.416 e. The summed E-state index contributed by atoms with van der Waals surface area (Å²) in [6.07, 6.45) is -4.62. The molecular formula is C14H15F3N4O2. The molecule has 0 bridgehead atoms. The first kappa shape index (κ1) is 17.0. The molecule has 23 heavy (non-hydrogen) atoms. The van der Waals surface area contributed by atoms with Crippen LogP contribution in [-0.4, -0.2) is 42.0 Å². The first-order chi connectivity index (χ1) is 10.7. The number of alkyl halides is 3. The zero-order valence-electron chi connectivity index (χ0n) is 12.4. The Labute approximate surface area is 130 Å². The highest BCUT2D eigenvalue weighted by Gasteiger charge is 2.34. The summed E-state index contributed by atoms with van der Waals surface area (Å²) in [5.41, 5.74) is -1.42. The van der Waals surface area contributed by atoms with Gasteiger partial charge in [0.05, 0.1) is 22.6 Å². The predicted octanol–water partition coefficient (Wildman–Crippen LogP) is 2.65. The third-order valence-electron chi connectivity index (χ3n) is 3.89. The Morgan fingerprint density at radius 1 is 1.30 bits per heavy atom. The fourth-order valence-electron chi connectivity index (χ4n) is 2.55. The SMILES string of the molecule is C[C@H](C#N)N1CCN(c2ccc(C(F)(F)F)cc2[N+](=O)[O-])CC1. The van der Waals surface area contributed by atoms with E-state index in [0.717, 1.165) is 12.1 Å². The number of nitro groups is 1. The minimum atomic E-state index is -4.62. The summed E-state index contributed by atoms with van der Waals surface area (Å²) in [5.74, 6) is 0. The third kappa shape index (κ3) is 3.71. The smallest absolute Gasteiger partial charge is 0.363 e. The van der Waals surface area contributed by atoms with Gasteiger partial charge in [0.2, 0.25) is 0 Å². The van der Waals surface area contributed by atoms with Gasteiger partial charge in [-0.15, -0.1) is 0 Å². The molecule has 1 aliphatic heterocycles. The molecule has 0 N–H and O–H groups in total. The Morgan fingerprint density at radius 2 is 1.91 bits per heavy atom. The summed E-state index contributed by atoms with van der Waals surface area (Å²) in [5, 5.41) is 20.0. The lowest BCUT2D eigenvalue weighted by Gasteiger charge is -2.36. The molecule has 9 heteroatoms. The zero-order valence-corrected chi connectivity index (χ0v) is 12.4. The molecule has 1 aliphatic rings. The molecule has 1 aromatic carbocycles. The van der Waals surface area contributed by atoms with Gasteiger partial charge < -0.3 is 4.90 Å². The van der Waals surface area contributed by atoms with Crippen molar-refractivity contribution in [1.29, 1.82) is 5.26 Å². The van der Waals surface area contributed by atoms with E-state index in [1.54, 1.807) is 11.8 Å². The highest BCUT2D eigenvalue weighted by atomic mass is 19.4. The summed E-state index contributed by atoms with van der Waals surface area (Å²) >= 11 is 0. The van der Waals surface area contributed by atoms with E-state index in [4.69, 9.17) is 5.26 Å². The molecule has 0 radical (unpaired) electrons. The van der Waals surface area contributed by atoms with Crippen molar-refractivity contribution in [2.45, 2.75) is 19.1 Å². The van der Waals surface area contributed by atoms with Crippen molar-refractivity contribution in [2.24, 2.45) is 0 Å². The van der Waals surface area contributed by atoms with Crippen LogP contribution in [0.4, 0.5) is 24.5 Å². The quantitative estimate of drug-likeness (QED) is 0.630. The number of hydrogen-bond acceptors (Lipinski definition) is 5. The third-order valence-corrected chi connectivity index (χ3v) is 3.89. The van der Waals surface area contributed by atoms with Crippen molar-refractivity contribution in [1.82, 2.24) is 4.90 Å². The molecule has 1 aromatic rings. The normalized spacial score (nSPS) is 17.6. The van der Waals surface area contributed by atoms with Crippen LogP contribution in [0, 0.1) is 21.4 Å². The lowest BCUT2D eigenvalue weighted by Crippen LogP contribution is -2.49. The van der Waals surface area contributed by atoms with Gasteiger partial charge in [0.1, 0.15) is 5.69 Å². The number of nitro benzene ring substituents is 1. The summed E-state index contributed by atoms with van der Waals surface area (Å²) in [6, 6.07) is 4.42. The molecular weight excluding hydrogens is 313 g/mol. The van der Waals surface area contributed by atoms with Crippen LogP contribution in [0.5, 0.6) is 0 Å². The van der Waals surface area contributed by atoms with Gasteiger partial charge in [-0.2, -0.15) is 18.4 Å². The molecule has 0 aromatic heterocycles. The van der Waals surface area contributed by atoms with Crippen molar-refractivity contribution in [3.05, 3.63) is 33.9 Å². The van der Waals surface area contributed by atoms with E-state index in [1.165, 1.54) is 0 Å². The molecule has 124 valence electrons. The van der Waals surface area contributed by atoms with Crippen molar-refractivity contribution in [3.8, 4) is 6.07 Å². The fraction of sp³-hybridized carbons (Fsp3) is 0.500. The summed E-state index contributed by atoms with van der Waals surface area (Å²) in [4.78, 5) is 13.9. The molecule has 0 amide bonds. The van der Waals surface area contributed by atoms with Gasteiger partial charge in [-0.1, -0.05) is 0 Å². The number of benzene rings is 1. The number of anilines is 1. The van der Waals surface area contributed by atoms with Crippen LogP contribution in [0.3, 0.4) is 0 Å². The second-order valence-electron chi connectivity index (χ2n) is 5.29. The molecule has 2 rings (SSSR count). The van der Waals surface area contributed by atoms with E-state index in [-0.39, 0.29) is 11.7 Å². The summed E-state index contributed by atoms with van der Waals surface area (Å²) < 4.78 is 38.1. The first-order valence-electron chi connectivity index (χ1n) is 6.98. The van der Waals surface area contributed by atoms with Gasteiger partial charge in [0.25, 0.3) is 5.69 Å². The Hall–Kier alpha value is -2.34. The maximum atomic E-state index is 12.7. The van der Waals surface area contributed by atoms with E-state index in [0.29, 0.717) is 32.2 Å². The molecule has 1 saturated heterocycles. The van der Waals surface area contributed by atoms with Gasteiger partial charge in [0.15, 0.2) is 0 Å². The Bertz CT molecular complexity index is 634. The highest BCUT2D eigenvalue weighted by molar-refractivity contribution is 5.65. The predicted molar refractivity (Wildman–Crippen MR) is 77.0 cm³/mol. The second kappa shape index (κ2) is 6.42. The van der Waals surface area contributed by atoms with Gasteiger partial charge in [-0.3, -0.25) is 15.0 Å². The van der Waals surface area contributed by atoms with Gasteiger partial charge >= 0.3 is 6.18 Å². The van der Waals surface area contributed by atoms with Crippen LogP contribution in [0.1, 0.15) is 12.5 Å². The van der Waals surface area contributed by atoms with E-state index in [2.05, 4.69) is 6.07 Å². The van der Waals surface area contributed by atoms with Crippen LogP contribution in [0.2, 0.25) is 0 Å². The fourth-order valence-corrected chi connectivity index (χ4v) is 2.55. The standard InChI is InChI=1S/C14H15F3N4O2/c1-10(9-18)19-4-6-20(7-5-19)12-3-2-11(14(15,16)17)8-13(12)21(22)23/h2-3,8,10H,4-7H2,1H3/t10-/m1/s1. The summed E-state index contributed by atoms with van der Waals surface area (Å²) in [6.45, 7) is 3.63. The Balaban J connectivity index is 2.24. The average Bonchev–Trinajstić information content (AvgIpc) is 2.52. The van der Waals surface area contributed by atoms with Gasteiger partial charge in [-0.25, -0.2) is 0 Å². The molecule has 1 fully saturated rings. The maximum Gasteiger partial charge on any atom is 0.416 e. The van der Waals surface area contributed by atoms with Crippen molar-refractivity contribution >= 4 is 11.4 Å². The molecule has 0 spiro atoms. The molecule has 0 saturated carbocycles. The molecule has 0 aliphatic carbocycles. The highest BCUT2D eigenvalue weighted by Crippen LogP contribution is 2.36. The lowest BCUT2D eigenvalue weighted by molar-refractivity contribution is -0.384. The monoisotopic (exact) mass is 328 g/mol. The molecule has 1 atom stereocenters. The lowest BCUT2D eigenvalue weighted by atomic mass is 10.1. The van der Waals surface area contributed by atoms with Crippen molar-refractivity contribution in [3.63, 3.8) is 0 Å². The zero-order chi connectivity index (χ0) is 17.2. The number of piperazine rings is 1. The van der Waals surface area contributed by atoms with Gasteiger partial charge in [0, 0.05) is 32.2 Å². The number of halogens is 3. The molecule has 1 heterocycles. The van der Waals surface area contributed by atoms with Crippen LogP contribution in [0.25, 0.3) is 0 Å². The average molecular weight is 328 g/mol. The number of nitrogens with zero attached hydrogens (tertiary/aromatic N) is 4. The Kier molecular flexibility index (Phi) is 4.75. The number of hydrogen-bond donors (Lipinski definition) is 0. The first-order valence-corrected chi connectivity index (χ1v) is 6.98. The van der Waals surface area contributed by atoms with Crippen LogP contribution in [-0.2, 0) is 6.18 Å². The minimum absolute atomic E-state index is 0.173. The minimum Gasteiger partial charge on any atom is -0.363 e. The van der Waals surface area contributed by atoms with Crippen LogP contribution in [0.15, 0.2) is 18.2 Å². The number of nitriles is 1. The van der Waals surface area contributed by atoms with E-state index in [1.807, 2.05) is 4.90 Å². The Morgan fingerprint density at radius 3 is 2.39 bits per heavy atom. The summed E-state index contributed by atoms with van der Waals surface area (Å²) in [7, 11) is 0. The van der Waals surface area contributed by atoms with Gasteiger partial charge in [-0.05, 0) is 19.1 Å².